The van der Waals surface area contributed by atoms with Crippen LogP contribution in [0.3, 0.4) is 0 Å². The number of hydrogen-bond acceptors (Lipinski definition) is 0. The number of allylic oxidation sites excluding steroid dienone is 4. The summed E-state index contributed by atoms with van der Waals surface area (Å²) in [4.78, 5) is 0. The van der Waals surface area contributed by atoms with Crippen molar-refractivity contribution < 1.29 is 20.8 Å². The average molecular weight is 318 g/mol. The Kier molecular flexibility index (Phi) is 6.56. The van der Waals surface area contributed by atoms with Gasteiger partial charge in [-0.15, -0.1) is 0 Å². The molecular weight excluding hydrogens is 306 g/mol. The van der Waals surface area contributed by atoms with E-state index in [-0.39, 0.29) is 0 Å². The van der Waals surface area contributed by atoms with Crippen LogP contribution in [0.1, 0.15) is 18.9 Å². The summed E-state index contributed by atoms with van der Waals surface area (Å²) in [6, 6.07) is 10.5. The van der Waals surface area contributed by atoms with Crippen molar-refractivity contribution in [1.29, 1.82) is 0 Å². The van der Waals surface area contributed by atoms with Gasteiger partial charge in [-0.2, -0.15) is 0 Å². The van der Waals surface area contributed by atoms with E-state index in [9.17, 15) is 0 Å². The van der Waals surface area contributed by atoms with Crippen molar-refractivity contribution in [3.63, 3.8) is 0 Å². The van der Waals surface area contributed by atoms with E-state index in [4.69, 9.17) is 17.0 Å². The molecule has 0 saturated heterocycles. The number of hydrogen-bond donors (Lipinski definition) is 0. The maximum atomic E-state index is 4.93. The Morgan fingerprint density at radius 2 is 1.73 bits per heavy atom. The summed E-state index contributed by atoms with van der Waals surface area (Å²) in [6.45, 7) is 2.17. The van der Waals surface area contributed by atoms with Crippen LogP contribution in [0.2, 0.25) is 0 Å². The van der Waals surface area contributed by atoms with Gasteiger partial charge in [0.15, 0.2) is 0 Å². The quantitative estimate of drug-likeness (QED) is 0.698. The molecule has 2 rings (SSSR count). The third-order valence-corrected chi connectivity index (χ3v) is 2.15. The first-order chi connectivity index (χ1) is 7.27. The van der Waals surface area contributed by atoms with Crippen LogP contribution in [0.5, 0.6) is 0 Å². The number of benzene rings is 1. The van der Waals surface area contributed by atoms with Crippen molar-refractivity contribution in [1.82, 2.24) is 0 Å². The van der Waals surface area contributed by atoms with Gasteiger partial charge in [-0.3, -0.25) is 0 Å². The molecule has 0 unspecified atom stereocenters. The predicted molar refractivity (Wildman–Crippen MR) is 64.5 cm³/mol. The second-order valence-electron chi connectivity index (χ2n) is 3.29. The molecule has 3 heteroatoms. The summed E-state index contributed by atoms with van der Waals surface area (Å²) in [6.07, 6.45) is 5.66. The summed E-state index contributed by atoms with van der Waals surface area (Å²) in [7, 11) is 9.87. The fourth-order valence-electron chi connectivity index (χ4n) is 1.49. The fourth-order valence-corrected chi connectivity index (χ4v) is 1.49. The molecule has 0 atom stereocenters. The molecule has 1 aliphatic carbocycles. The second kappa shape index (κ2) is 7.44. The molecule has 0 spiro atoms. The molecule has 0 nitrogen and oxygen atoms in total. The van der Waals surface area contributed by atoms with Crippen molar-refractivity contribution in [2.75, 3.05) is 0 Å². The van der Waals surface area contributed by atoms with E-state index in [0.29, 0.717) is 0 Å². The first-order valence-electron chi connectivity index (χ1n) is 4.67. The predicted octanol–water partition coefficient (Wildman–Crippen LogP) is 4.80. The first-order valence-corrected chi connectivity index (χ1v) is 11.0. The molecule has 1 aromatic carbocycles. The third-order valence-electron chi connectivity index (χ3n) is 2.15. The molecule has 78 valence electrons. The molecule has 0 fully saturated rings. The van der Waals surface area contributed by atoms with Crippen LogP contribution in [-0.4, -0.2) is 0 Å². The molecular formula is C12H12Cl2Zr. The van der Waals surface area contributed by atoms with Gasteiger partial charge in [0.2, 0.25) is 0 Å². The molecule has 0 aliphatic heterocycles. The molecule has 0 aromatic heterocycles. The molecule has 1 aliphatic rings. The zero-order valence-corrected chi connectivity index (χ0v) is 12.5. The van der Waals surface area contributed by atoms with Crippen LogP contribution in [0.4, 0.5) is 0 Å². The van der Waals surface area contributed by atoms with Crippen LogP contribution in [-0.2, 0) is 20.8 Å². The Labute approximate surface area is 110 Å². The summed E-state index contributed by atoms with van der Waals surface area (Å²) in [5.74, 6) is 0. The topological polar surface area (TPSA) is 0 Å². The van der Waals surface area contributed by atoms with Crippen molar-refractivity contribution in [2.24, 2.45) is 0 Å². The van der Waals surface area contributed by atoms with E-state index < -0.39 is 20.8 Å². The summed E-state index contributed by atoms with van der Waals surface area (Å²) < 4.78 is 0. The monoisotopic (exact) mass is 316 g/mol. The van der Waals surface area contributed by atoms with E-state index >= 15 is 0 Å². The number of halogens is 2. The number of rotatable bonds is 1. The van der Waals surface area contributed by atoms with E-state index in [0.717, 1.165) is 6.42 Å². The Morgan fingerprint density at radius 1 is 1.13 bits per heavy atom. The standard InChI is InChI=1S/C12H12.2ClH.Zr/c1-10-7-8-12(9-10)11-5-3-2-4-6-11;;;/h2-6,8-9H,7H2,1H3;2*1H;/q;;;+2/p-2. The van der Waals surface area contributed by atoms with Crippen LogP contribution in [0, 0.1) is 0 Å². The fraction of sp³-hybridized carbons (Fsp3) is 0.167. The molecule has 0 heterocycles. The van der Waals surface area contributed by atoms with E-state index in [1.807, 2.05) is 0 Å². The Bertz CT molecular complexity index is 355. The van der Waals surface area contributed by atoms with Gasteiger partial charge < -0.3 is 0 Å². The van der Waals surface area contributed by atoms with E-state index in [2.05, 4.69) is 49.4 Å². The van der Waals surface area contributed by atoms with Crippen molar-refractivity contribution in [2.45, 2.75) is 13.3 Å². The van der Waals surface area contributed by atoms with Crippen LogP contribution in [0.15, 0.2) is 48.1 Å². The Morgan fingerprint density at radius 3 is 2.20 bits per heavy atom. The van der Waals surface area contributed by atoms with Crippen molar-refractivity contribution >= 4 is 22.6 Å². The van der Waals surface area contributed by atoms with Crippen LogP contribution in [0.25, 0.3) is 5.57 Å². The van der Waals surface area contributed by atoms with Crippen molar-refractivity contribution in [3.05, 3.63) is 53.6 Å². The average Bonchev–Trinajstić information content (AvgIpc) is 2.67. The van der Waals surface area contributed by atoms with Gasteiger partial charge in [0.1, 0.15) is 0 Å². The summed E-state index contributed by atoms with van der Waals surface area (Å²) in [5, 5.41) is 0. The van der Waals surface area contributed by atoms with Gasteiger partial charge in [0.05, 0.1) is 0 Å². The molecule has 0 N–H and O–H groups in total. The summed E-state index contributed by atoms with van der Waals surface area (Å²) >= 11 is -0.826. The molecule has 0 saturated carbocycles. The molecule has 0 amide bonds. The molecule has 0 bridgehead atoms. The van der Waals surface area contributed by atoms with E-state index in [1.54, 1.807) is 0 Å². The third kappa shape index (κ3) is 4.68. The normalized spacial score (nSPS) is 13.5. The first kappa shape index (κ1) is 13.2. The zero-order chi connectivity index (χ0) is 11.1. The maximum absolute atomic E-state index is 4.93. The van der Waals surface area contributed by atoms with Crippen LogP contribution < -0.4 is 0 Å². The molecule has 1 aromatic rings. The van der Waals surface area contributed by atoms with E-state index in [1.165, 1.54) is 16.7 Å². The zero-order valence-electron chi connectivity index (χ0n) is 8.50. The Hall–Kier alpha value is 0.163. The second-order valence-corrected chi connectivity index (χ2v) is 7.02. The van der Waals surface area contributed by atoms with Gasteiger partial charge >= 0.3 is 37.9 Å². The minimum atomic E-state index is -0.826. The van der Waals surface area contributed by atoms with Gasteiger partial charge in [0, 0.05) is 0 Å². The minimum absolute atomic E-state index is 0.826. The Balaban J connectivity index is 0.000000337. The van der Waals surface area contributed by atoms with Crippen molar-refractivity contribution in [3.8, 4) is 0 Å². The van der Waals surface area contributed by atoms with Gasteiger partial charge in [-0.1, -0.05) is 48.1 Å². The summed E-state index contributed by atoms with van der Waals surface area (Å²) in [5.41, 5.74) is 4.15. The van der Waals surface area contributed by atoms with Gasteiger partial charge in [-0.05, 0) is 24.5 Å². The van der Waals surface area contributed by atoms with Gasteiger partial charge in [-0.25, -0.2) is 0 Å². The van der Waals surface area contributed by atoms with Gasteiger partial charge in [0.25, 0.3) is 0 Å². The SMILES string of the molecule is CC1=CC(c2ccccc2)=CC1.[Cl][Zr][Cl]. The molecule has 15 heavy (non-hydrogen) atoms. The molecule has 0 radical (unpaired) electrons. The van der Waals surface area contributed by atoms with Crippen LogP contribution >= 0.6 is 17.0 Å².